The van der Waals surface area contributed by atoms with Crippen LogP contribution in [0.4, 0.5) is 0 Å². The monoisotopic (exact) mass is 340 g/mol. The SMILES string of the molecule is C#CCC(c1cccc(C#N)c1)n1cc(C2=C3C=CNC3N=CN2)cn1. The van der Waals surface area contributed by atoms with Gasteiger partial charge in [0.05, 0.1) is 35.9 Å². The number of nitrogens with one attached hydrogen (secondary N) is 2. The van der Waals surface area contributed by atoms with Crippen LogP contribution in [0.1, 0.15) is 29.2 Å². The molecule has 6 heteroatoms. The molecule has 0 aliphatic carbocycles. The summed E-state index contributed by atoms with van der Waals surface area (Å²) in [5.41, 5.74) is 4.59. The number of hydrogen-bond acceptors (Lipinski definition) is 5. The molecule has 0 spiro atoms. The Morgan fingerprint density at radius 3 is 3.15 bits per heavy atom. The van der Waals surface area contributed by atoms with E-state index in [4.69, 9.17) is 11.7 Å². The molecule has 1 aromatic heterocycles. The van der Waals surface area contributed by atoms with Gasteiger partial charge < -0.3 is 10.6 Å². The normalized spacial score (nSPS) is 18.5. The minimum absolute atomic E-state index is 0.0524. The first-order chi connectivity index (χ1) is 12.8. The molecule has 0 fully saturated rings. The number of benzene rings is 1. The second kappa shape index (κ2) is 6.62. The van der Waals surface area contributed by atoms with Crippen LogP contribution in [0.2, 0.25) is 0 Å². The Hall–Kier alpha value is -3.77. The maximum absolute atomic E-state index is 9.15. The molecule has 0 bridgehead atoms. The maximum atomic E-state index is 9.15. The molecule has 126 valence electrons. The number of nitrogens with zero attached hydrogens (tertiary/aromatic N) is 4. The maximum Gasteiger partial charge on any atom is 0.148 e. The number of aliphatic imine (C=N–C) groups is 1. The van der Waals surface area contributed by atoms with Gasteiger partial charge in [0, 0.05) is 23.8 Å². The molecule has 3 heterocycles. The van der Waals surface area contributed by atoms with E-state index in [1.807, 2.05) is 47.6 Å². The lowest BCUT2D eigenvalue weighted by molar-refractivity contribution is 0.534. The van der Waals surface area contributed by atoms with Crippen molar-refractivity contribution >= 4 is 12.0 Å². The summed E-state index contributed by atoms with van der Waals surface area (Å²) >= 11 is 0. The highest BCUT2D eigenvalue weighted by Gasteiger charge is 2.23. The third-order valence-electron chi connectivity index (χ3n) is 4.45. The summed E-state index contributed by atoms with van der Waals surface area (Å²) in [6.07, 6.45) is 15.4. The van der Waals surface area contributed by atoms with Crippen molar-refractivity contribution in [1.82, 2.24) is 20.4 Å². The van der Waals surface area contributed by atoms with Crippen LogP contribution in [0.5, 0.6) is 0 Å². The minimum atomic E-state index is -0.127. The Kier molecular flexibility index (Phi) is 4.01. The van der Waals surface area contributed by atoms with E-state index in [0.29, 0.717) is 12.0 Å². The highest BCUT2D eigenvalue weighted by molar-refractivity contribution is 5.82. The number of hydrogen-bond donors (Lipinski definition) is 2. The molecule has 4 rings (SSSR count). The fourth-order valence-electron chi connectivity index (χ4n) is 3.19. The van der Waals surface area contributed by atoms with Crippen LogP contribution in [-0.4, -0.2) is 22.3 Å². The van der Waals surface area contributed by atoms with Crippen LogP contribution < -0.4 is 10.6 Å². The van der Waals surface area contributed by atoms with Crippen LogP contribution in [0.25, 0.3) is 5.70 Å². The summed E-state index contributed by atoms with van der Waals surface area (Å²) in [6, 6.07) is 9.52. The zero-order valence-electron chi connectivity index (χ0n) is 13.9. The Morgan fingerprint density at radius 2 is 2.31 bits per heavy atom. The molecule has 2 N–H and O–H groups in total. The van der Waals surface area contributed by atoms with Gasteiger partial charge in [-0.1, -0.05) is 12.1 Å². The van der Waals surface area contributed by atoms with E-state index in [9.17, 15) is 0 Å². The van der Waals surface area contributed by atoms with Crippen LogP contribution in [0, 0.1) is 23.7 Å². The predicted molar refractivity (Wildman–Crippen MR) is 99.6 cm³/mol. The first-order valence-corrected chi connectivity index (χ1v) is 8.23. The van der Waals surface area contributed by atoms with Gasteiger partial charge in [-0.25, -0.2) is 4.99 Å². The van der Waals surface area contributed by atoms with Crippen molar-refractivity contribution in [3.63, 3.8) is 0 Å². The first-order valence-electron chi connectivity index (χ1n) is 8.23. The van der Waals surface area contributed by atoms with Gasteiger partial charge in [0.25, 0.3) is 0 Å². The van der Waals surface area contributed by atoms with Crippen molar-refractivity contribution in [2.75, 3.05) is 0 Å². The van der Waals surface area contributed by atoms with E-state index in [-0.39, 0.29) is 12.2 Å². The Bertz CT molecular complexity index is 1010. The molecule has 6 nitrogen and oxygen atoms in total. The predicted octanol–water partition coefficient (Wildman–Crippen LogP) is 2.15. The Labute approximate surface area is 151 Å². The molecule has 2 aliphatic rings. The van der Waals surface area contributed by atoms with E-state index in [1.165, 1.54) is 0 Å². The fraction of sp³-hybridized carbons (Fsp3) is 0.150. The Balaban J connectivity index is 1.70. The van der Waals surface area contributed by atoms with Gasteiger partial charge in [-0.15, -0.1) is 12.3 Å². The molecule has 0 radical (unpaired) electrons. The highest BCUT2D eigenvalue weighted by atomic mass is 15.3. The quantitative estimate of drug-likeness (QED) is 0.836. The molecule has 2 aliphatic heterocycles. The number of rotatable bonds is 4. The van der Waals surface area contributed by atoms with Crippen LogP contribution >= 0.6 is 0 Å². The third kappa shape index (κ3) is 2.74. The lowest BCUT2D eigenvalue weighted by Crippen LogP contribution is -2.28. The van der Waals surface area contributed by atoms with Gasteiger partial charge in [0.15, 0.2) is 0 Å². The van der Waals surface area contributed by atoms with Gasteiger partial charge in [-0.3, -0.25) is 4.68 Å². The topological polar surface area (TPSA) is 78.0 Å². The van der Waals surface area contributed by atoms with E-state index >= 15 is 0 Å². The van der Waals surface area contributed by atoms with Crippen molar-refractivity contribution in [3.05, 3.63) is 71.2 Å². The summed E-state index contributed by atoms with van der Waals surface area (Å²) in [5.74, 6) is 2.71. The van der Waals surface area contributed by atoms with Crippen LogP contribution in [-0.2, 0) is 0 Å². The largest absolute Gasteiger partial charge is 0.366 e. The third-order valence-corrected chi connectivity index (χ3v) is 4.45. The van der Waals surface area contributed by atoms with E-state index in [0.717, 1.165) is 22.4 Å². The number of terminal acetylenes is 1. The zero-order valence-corrected chi connectivity index (χ0v) is 13.9. The van der Waals surface area contributed by atoms with E-state index < -0.39 is 0 Å². The first kappa shape index (κ1) is 15.7. The molecule has 0 saturated heterocycles. The second-order valence-corrected chi connectivity index (χ2v) is 6.03. The Morgan fingerprint density at radius 1 is 1.38 bits per heavy atom. The standard InChI is InChI=1S/C20H16N6/c1-2-4-18(15-6-3-5-14(9-15)10-21)26-12-16(11-25-26)19-17-7-8-22-20(17)24-13-23-19/h1,3,5-9,11-13,18,20,22H,4H2,(H,23,24). The lowest BCUT2D eigenvalue weighted by atomic mass is 10.0. The molecular formula is C20H16N6. The number of fused-ring (bicyclic) bond motifs is 1. The summed E-state index contributed by atoms with van der Waals surface area (Å²) in [4.78, 5) is 4.35. The van der Waals surface area contributed by atoms with Crippen molar-refractivity contribution in [2.24, 2.45) is 4.99 Å². The molecule has 2 unspecified atom stereocenters. The molecule has 0 amide bonds. The number of aromatic nitrogens is 2. The smallest absolute Gasteiger partial charge is 0.148 e. The summed E-state index contributed by atoms with van der Waals surface area (Å²) in [5, 5.41) is 20.1. The molecule has 0 saturated carbocycles. The van der Waals surface area contributed by atoms with Gasteiger partial charge in [-0.05, 0) is 30.0 Å². The molecule has 2 atom stereocenters. The van der Waals surface area contributed by atoms with Crippen LogP contribution in [0.3, 0.4) is 0 Å². The van der Waals surface area contributed by atoms with Gasteiger partial charge >= 0.3 is 0 Å². The van der Waals surface area contributed by atoms with Gasteiger partial charge in [0.1, 0.15) is 6.17 Å². The van der Waals surface area contributed by atoms with Crippen molar-refractivity contribution in [1.29, 1.82) is 5.26 Å². The average Bonchev–Trinajstić information content (AvgIpc) is 3.35. The molecule has 26 heavy (non-hydrogen) atoms. The summed E-state index contributed by atoms with van der Waals surface area (Å²) in [6.45, 7) is 0. The number of nitriles is 1. The fourth-order valence-corrected chi connectivity index (χ4v) is 3.19. The van der Waals surface area contributed by atoms with Crippen LogP contribution in [0.15, 0.2) is 59.5 Å². The van der Waals surface area contributed by atoms with Crippen molar-refractivity contribution in [2.45, 2.75) is 18.6 Å². The summed E-state index contributed by atoms with van der Waals surface area (Å²) in [7, 11) is 0. The second-order valence-electron chi connectivity index (χ2n) is 6.03. The van der Waals surface area contributed by atoms with E-state index in [1.54, 1.807) is 12.4 Å². The average molecular weight is 340 g/mol. The summed E-state index contributed by atoms with van der Waals surface area (Å²) < 4.78 is 1.85. The molecular weight excluding hydrogens is 324 g/mol. The zero-order chi connectivity index (χ0) is 17.9. The molecule has 1 aromatic carbocycles. The molecule has 2 aromatic rings. The minimum Gasteiger partial charge on any atom is -0.366 e. The van der Waals surface area contributed by atoms with Crippen molar-refractivity contribution < 1.29 is 0 Å². The van der Waals surface area contributed by atoms with Gasteiger partial charge in [-0.2, -0.15) is 10.4 Å². The van der Waals surface area contributed by atoms with Gasteiger partial charge in [0.2, 0.25) is 0 Å². The van der Waals surface area contributed by atoms with Crippen molar-refractivity contribution in [3.8, 4) is 18.4 Å². The highest BCUT2D eigenvalue weighted by Crippen LogP contribution is 2.27. The van der Waals surface area contributed by atoms with E-state index in [2.05, 4.69) is 32.7 Å². The lowest BCUT2D eigenvalue weighted by Gasteiger charge is -2.18.